The van der Waals surface area contributed by atoms with Crippen molar-refractivity contribution in [3.8, 4) is 0 Å². The van der Waals surface area contributed by atoms with Crippen molar-refractivity contribution in [3.05, 3.63) is 89.0 Å². The molecule has 5 rings (SSSR count). The first kappa shape index (κ1) is 26.2. The van der Waals surface area contributed by atoms with Crippen molar-refractivity contribution >= 4 is 44.5 Å². The molecule has 8 nitrogen and oxygen atoms in total. The van der Waals surface area contributed by atoms with Crippen LogP contribution in [0.3, 0.4) is 0 Å². The number of hydrogen-bond acceptors (Lipinski definition) is 8. The number of piperidine rings is 1. The van der Waals surface area contributed by atoms with Gasteiger partial charge in [-0.15, -0.1) is 11.3 Å². The van der Waals surface area contributed by atoms with Crippen LogP contribution in [0.2, 0.25) is 0 Å². The first-order valence-electron chi connectivity index (χ1n) is 12.3. The van der Waals surface area contributed by atoms with Gasteiger partial charge >= 0.3 is 0 Å². The van der Waals surface area contributed by atoms with E-state index < -0.39 is 10.0 Å². The largest absolute Gasteiger partial charge is 0.340 e. The van der Waals surface area contributed by atoms with E-state index in [2.05, 4.69) is 43.0 Å². The van der Waals surface area contributed by atoms with Gasteiger partial charge in [0.05, 0.1) is 4.90 Å². The average molecular weight is 553 g/mol. The Hall–Kier alpha value is -3.38. The molecule has 0 unspecified atom stereocenters. The van der Waals surface area contributed by atoms with E-state index in [9.17, 15) is 12.8 Å². The van der Waals surface area contributed by atoms with Crippen LogP contribution in [-0.4, -0.2) is 53.8 Å². The standard InChI is InChI=1S/C27H29FN6O2S2/c1-33(23-13-16-34(17-14-23)19-24-3-2-18-37-24)38(35,36)25-10-8-22(9-11-25)31-27-29-15-12-26(32-27)30-21-6-4-20(28)5-7-21/h2-12,15,18,23H,13-14,16-17,19H2,1H3,(H2,29,30,31,32). The second-order valence-corrected chi connectivity index (χ2v) is 12.2. The molecule has 2 aromatic heterocycles. The van der Waals surface area contributed by atoms with E-state index >= 15 is 0 Å². The van der Waals surface area contributed by atoms with Crippen molar-refractivity contribution in [1.82, 2.24) is 19.2 Å². The third kappa shape index (κ3) is 6.36. The van der Waals surface area contributed by atoms with E-state index in [1.165, 1.54) is 21.3 Å². The molecule has 0 atom stereocenters. The summed E-state index contributed by atoms with van der Waals surface area (Å²) in [6.07, 6.45) is 3.21. The molecular weight excluding hydrogens is 523 g/mol. The zero-order valence-corrected chi connectivity index (χ0v) is 22.6. The smallest absolute Gasteiger partial charge is 0.243 e. The Morgan fingerprint density at radius 1 is 1.00 bits per heavy atom. The van der Waals surface area contributed by atoms with Crippen molar-refractivity contribution < 1.29 is 12.8 Å². The number of sulfonamides is 1. The Morgan fingerprint density at radius 3 is 2.37 bits per heavy atom. The van der Waals surface area contributed by atoms with Crippen LogP contribution < -0.4 is 10.6 Å². The van der Waals surface area contributed by atoms with Gasteiger partial charge < -0.3 is 10.6 Å². The number of anilines is 4. The van der Waals surface area contributed by atoms with Gasteiger partial charge in [0.25, 0.3) is 0 Å². The predicted molar refractivity (Wildman–Crippen MR) is 149 cm³/mol. The van der Waals surface area contributed by atoms with Crippen LogP contribution in [0.15, 0.2) is 83.2 Å². The highest BCUT2D eigenvalue weighted by Gasteiger charge is 2.31. The van der Waals surface area contributed by atoms with Crippen LogP contribution in [0.4, 0.5) is 27.5 Å². The van der Waals surface area contributed by atoms with E-state index in [-0.39, 0.29) is 16.8 Å². The lowest BCUT2D eigenvalue weighted by Gasteiger charge is -2.36. The molecule has 0 spiro atoms. The maximum absolute atomic E-state index is 13.3. The normalized spacial score (nSPS) is 15.0. The molecule has 1 saturated heterocycles. The molecule has 1 fully saturated rings. The molecule has 4 aromatic rings. The minimum atomic E-state index is -3.62. The summed E-state index contributed by atoms with van der Waals surface area (Å²) in [5.41, 5.74) is 1.36. The van der Waals surface area contributed by atoms with Gasteiger partial charge in [-0.05, 0) is 78.9 Å². The number of rotatable bonds is 9. The van der Waals surface area contributed by atoms with Gasteiger partial charge in [0.15, 0.2) is 0 Å². The Balaban J connectivity index is 1.19. The van der Waals surface area contributed by atoms with Crippen LogP contribution in [0.25, 0.3) is 0 Å². The van der Waals surface area contributed by atoms with Crippen LogP contribution in [0, 0.1) is 5.82 Å². The molecular formula is C27H29FN6O2S2. The number of aromatic nitrogens is 2. The molecule has 0 saturated carbocycles. The third-order valence-electron chi connectivity index (χ3n) is 6.59. The van der Waals surface area contributed by atoms with Crippen molar-refractivity contribution in [2.45, 2.75) is 30.3 Å². The summed E-state index contributed by atoms with van der Waals surface area (Å²) in [5, 5.41) is 8.28. The summed E-state index contributed by atoms with van der Waals surface area (Å²) in [6.45, 7) is 2.67. The molecule has 1 aliphatic heterocycles. The van der Waals surface area contributed by atoms with Gasteiger partial charge in [-0.1, -0.05) is 6.07 Å². The van der Waals surface area contributed by atoms with Crippen LogP contribution in [0.1, 0.15) is 17.7 Å². The molecule has 0 bridgehead atoms. The van der Waals surface area contributed by atoms with Gasteiger partial charge in [-0.2, -0.15) is 9.29 Å². The molecule has 0 radical (unpaired) electrons. The number of thiophene rings is 1. The lowest BCUT2D eigenvalue weighted by atomic mass is 10.1. The van der Waals surface area contributed by atoms with Crippen LogP contribution in [0.5, 0.6) is 0 Å². The zero-order valence-electron chi connectivity index (χ0n) is 20.9. The SMILES string of the molecule is CN(C1CCN(Cc2cccs2)CC1)S(=O)(=O)c1ccc(Nc2nccc(Nc3ccc(F)cc3)n2)cc1. The van der Waals surface area contributed by atoms with E-state index in [1.54, 1.807) is 67.0 Å². The number of nitrogens with one attached hydrogen (secondary N) is 2. The quantitative estimate of drug-likeness (QED) is 0.285. The average Bonchev–Trinajstić information content (AvgIpc) is 3.44. The van der Waals surface area contributed by atoms with Crippen molar-refractivity contribution in [2.75, 3.05) is 30.8 Å². The summed E-state index contributed by atoms with van der Waals surface area (Å²) >= 11 is 1.75. The fourth-order valence-electron chi connectivity index (χ4n) is 4.44. The Bertz CT molecular complexity index is 1440. The number of benzene rings is 2. The monoisotopic (exact) mass is 552 g/mol. The summed E-state index contributed by atoms with van der Waals surface area (Å²) in [5.74, 6) is 0.572. The second kappa shape index (κ2) is 11.6. The summed E-state index contributed by atoms with van der Waals surface area (Å²) in [4.78, 5) is 12.6. The minimum absolute atomic E-state index is 0.0258. The first-order chi connectivity index (χ1) is 18.4. The molecule has 0 aliphatic carbocycles. The highest BCUT2D eigenvalue weighted by Crippen LogP contribution is 2.26. The second-order valence-electron chi connectivity index (χ2n) is 9.15. The van der Waals surface area contributed by atoms with Gasteiger partial charge in [0, 0.05) is 55.2 Å². The number of hydrogen-bond donors (Lipinski definition) is 2. The zero-order chi connectivity index (χ0) is 26.5. The predicted octanol–water partition coefficient (Wildman–Crippen LogP) is 5.45. The van der Waals surface area contributed by atoms with Crippen LogP contribution >= 0.6 is 11.3 Å². The Morgan fingerprint density at radius 2 is 1.68 bits per heavy atom. The molecule has 2 N–H and O–H groups in total. The van der Waals surface area contributed by atoms with Gasteiger partial charge in [0.1, 0.15) is 11.6 Å². The molecule has 198 valence electrons. The van der Waals surface area contributed by atoms with E-state index in [0.29, 0.717) is 23.1 Å². The van der Waals surface area contributed by atoms with E-state index in [0.717, 1.165) is 32.5 Å². The van der Waals surface area contributed by atoms with Gasteiger partial charge in [-0.3, -0.25) is 4.90 Å². The molecule has 2 aromatic carbocycles. The Kier molecular flexibility index (Phi) is 7.98. The number of nitrogens with zero attached hydrogens (tertiary/aromatic N) is 4. The van der Waals surface area contributed by atoms with Gasteiger partial charge in [0.2, 0.25) is 16.0 Å². The minimum Gasteiger partial charge on any atom is -0.340 e. The maximum Gasteiger partial charge on any atom is 0.243 e. The van der Waals surface area contributed by atoms with Crippen molar-refractivity contribution in [3.63, 3.8) is 0 Å². The van der Waals surface area contributed by atoms with Gasteiger partial charge in [-0.25, -0.2) is 17.8 Å². The Labute approximate surface area is 226 Å². The highest BCUT2D eigenvalue weighted by atomic mass is 32.2. The summed E-state index contributed by atoms with van der Waals surface area (Å²) in [6, 6.07) is 18.4. The molecule has 38 heavy (non-hydrogen) atoms. The lowest BCUT2D eigenvalue weighted by Crippen LogP contribution is -2.45. The highest BCUT2D eigenvalue weighted by molar-refractivity contribution is 7.89. The van der Waals surface area contributed by atoms with Crippen molar-refractivity contribution in [1.29, 1.82) is 0 Å². The lowest BCUT2D eigenvalue weighted by molar-refractivity contribution is 0.165. The number of halogens is 1. The van der Waals surface area contributed by atoms with Crippen molar-refractivity contribution in [2.24, 2.45) is 0 Å². The summed E-state index contributed by atoms with van der Waals surface area (Å²) in [7, 11) is -1.94. The fourth-order valence-corrected chi connectivity index (χ4v) is 6.60. The van der Waals surface area contributed by atoms with E-state index in [4.69, 9.17) is 0 Å². The summed E-state index contributed by atoms with van der Waals surface area (Å²) < 4.78 is 41.3. The maximum atomic E-state index is 13.3. The third-order valence-corrected chi connectivity index (χ3v) is 9.38. The number of likely N-dealkylation sites (tertiary alicyclic amines) is 1. The fraction of sp³-hybridized carbons (Fsp3) is 0.259. The molecule has 1 aliphatic rings. The van der Waals surface area contributed by atoms with E-state index in [1.807, 2.05) is 0 Å². The topological polar surface area (TPSA) is 90.5 Å². The first-order valence-corrected chi connectivity index (χ1v) is 14.6. The molecule has 0 amide bonds. The molecule has 3 heterocycles. The van der Waals surface area contributed by atoms with Crippen LogP contribution in [-0.2, 0) is 16.6 Å². The molecule has 11 heteroatoms.